The summed E-state index contributed by atoms with van der Waals surface area (Å²) in [6.07, 6.45) is -1.21. The zero-order valence-electron chi connectivity index (χ0n) is 23.3. The van der Waals surface area contributed by atoms with E-state index in [0.29, 0.717) is 40.5 Å². The lowest BCUT2D eigenvalue weighted by Gasteiger charge is -2.17. The molecule has 4 aromatic rings. The zero-order valence-corrected chi connectivity index (χ0v) is 24.1. The van der Waals surface area contributed by atoms with Crippen LogP contribution in [-0.4, -0.2) is 65.9 Å². The average Bonchev–Trinajstić information content (AvgIpc) is 3.51. The van der Waals surface area contributed by atoms with Crippen LogP contribution >= 0.6 is 11.8 Å². The molecule has 0 aliphatic heterocycles. The lowest BCUT2D eigenvalue weighted by molar-refractivity contribution is -0.128. The number of benzene rings is 2. The Morgan fingerprint density at radius 1 is 1.05 bits per heavy atom. The number of carbonyl (C=O) groups excluding carboxylic acids is 1. The van der Waals surface area contributed by atoms with Crippen LogP contribution in [-0.2, 0) is 4.79 Å². The largest absolute Gasteiger partial charge is 0.390 e. The van der Waals surface area contributed by atoms with E-state index in [1.807, 2.05) is 25.1 Å². The first-order chi connectivity index (χ1) is 19.8. The maximum Gasteiger partial charge on any atom is 0.225 e. The van der Waals surface area contributed by atoms with Gasteiger partial charge in [0.15, 0.2) is 22.1 Å². The first-order valence-corrected chi connectivity index (χ1v) is 15.0. The number of aliphatic hydroxyl groups is 2. The van der Waals surface area contributed by atoms with E-state index < -0.39 is 24.2 Å². The Morgan fingerprint density at radius 2 is 1.80 bits per heavy atom. The van der Waals surface area contributed by atoms with E-state index in [9.17, 15) is 15.0 Å². The highest BCUT2D eigenvalue weighted by Gasteiger charge is 2.47. The Kier molecular flexibility index (Phi) is 7.67. The van der Waals surface area contributed by atoms with E-state index in [0.717, 1.165) is 11.3 Å². The van der Waals surface area contributed by atoms with Gasteiger partial charge in [0.25, 0.3) is 0 Å². The number of nitrogens with zero attached hydrogens (tertiary/aromatic N) is 5. The second-order valence-electron chi connectivity index (χ2n) is 11.2. The molecule has 10 nitrogen and oxygen atoms in total. The summed E-state index contributed by atoms with van der Waals surface area (Å²) in [5.74, 6) is 0.357. The van der Waals surface area contributed by atoms with Gasteiger partial charge in [-0.2, -0.15) is 0 Å². The molecule has 0 bridgehead atoms. The molecule has 0 radical (unpaired) electrons. The van der Waals surface area contributed by atoms with Gasteiger partial charge in [0.1, 0.15) is 6.10 Å². The second kappa shape index (κ2) is 11.4. The summed E-state index contributed by atoms with van der Waals surface area (Å²) in [5, 5.41) is 37.3. The number of amides is 1. The van der Waals surface area contributed by atoms with Gasteiger partial charge in [0.2, 0.25) is 5.91 Å². The smallest absolute Gasteiger partial charge is 0.225 e. The van der Waals surface area contributed by atoms with Crippen LogP contribution in [0.5, 0.6) is 0 Å². The molecule has 2 aromatic heterocycles. The number of hydrogen-bond acceptors (Lipinski definition) is 9. The van der Waals surface area contributed by atoms with Gasteiger partial charge in [-0.15, -0.1) is 5.10 Å². The third-order valence-corrected chi connectivity index (χ3v) is 8.93. The molecule has 0 spiro atoms. The van der Waals surface area contributed by atoms with Gasteiger partial charge in [-0.1, -0.05) is 61.5 Å². The molecule has 2 aromatic carbocycles. The summed E-state index contributed by atoms with van der Waals surface area (Å²) < 4.78 is 1.54. The van der Waals surface area contributed by atoms with Crippen molar-refractivity contribution in [2.45, 2.75) is 79.8 Å². The van der Waals surface area contributed by atoms with Crippen LogP contribution in [0.25, 0.3) is 11.2 Å². The molecule has 2 aliphatic carbocycles. The van der Waals surface area contributed by atoms with Gasteiger partial charge in [0, 0.05) is 23.4 Å². The molecule has 2 fully saturated rings. The Morgan fingerprint density at radius 3 is 2.51 bits per heavy atom. The van der Waals surface area contributed by atoms with Gasteiger partial charge in [-0.05, 0) is 60.7 Å². The van der Waals surface area contributed by atoms with E-state index in [1.54, 1.807) is 4.68 Å². The molecule has 6 atom stereocenters. The summed E-state index contributed by atoms with van der Waals surface area (Å²) in [6, 6.07) is 18.3. The Bertz CT molecular complexity index is 1530. The quantitative estimate of drug-likeness (QED) is 0.220. The molecule has 2 saturated carbocycles. The Labute approximate surface area is 243 Å². The lowest BCUT2D eigenvalue weighted by atomic mass is 10.0. The van der Waals surface area contributed by atoms with Crippen molar-refractivity contribution in [2.24, 2.45) is 5.92 Å². The molecule has 6 rings (SSSR count). The predicted octanol–water partition coefficient (Wildman–Crippen LogP) is 3.88. The van der Waals surface area contributed by atoms with Crippen LogP contribution < -0.4 is 10.6 Å². The Hall–Kier alpha value is -3.54. The molecule has 214 valence electrons. The summed E-state index contributed by atoms with van der Waals surface area (Å²) in [4.78, 5) is 23.2. The third-order valence-electron chi connectivity index (χ3n) is 8.05. The summed E-state index contributed by atoms with van der Waals surface area (Å²) in [7, 11) is 0. The standard InChI is InChI=1S/C30H35N7O3S/c1-4-31-29(40)21-15-23(26(39)25(21)38)37-28-24(35-36-37)27(32-22-14-20(22)18-8-6-5-7-9-18)33-30(34-28)41-19-12-10-17(11-13-19)16(2)3/h5-13,16,20-23,25-26,38-39H,4,14-15H2,1-3H3,(H,31,40)(H,32,33,34)/t20?,21-,22?,23+,25+,26-/m1/s1. The van der Waals surface area contributed by atoms with E-state index in [4.69, 9.17) is 9.97 Å². The van der Waals surface area contributed by atoms with Gasteiger partial charge >= 0.3 is 0 Å². The van der Waals surface area contributed by atoms with Crippen LogP contribution in [0.1, 0.15) is 62.6 Å². The maximum absolute atomic E-state index is 12.6. The topological polar surface area (TPSA) is 138 Å². The molecule has 41 heavy (non-hydrogen) atoms. The number of hydrogen-bond donors (Lipinski definition) is 4. The van der Waals surface area contributed by atoms with Crippen molar-refractivity contribution >= 4 is 34.7 Å². The van der Waals surface area contributed by atoms with Crippen LogP contribution in [0.4, 0.5) is 5.82 Å². The second-order valence-corrected chi connectivity index (χ2v) is 12.2. The summed E-state index contributed by atoms with van der Waals surface area (Å²) in [5.41, 5.74) is 3.48. The van der Waals surface area contributed by atoms with Gasteiger partial charge < -0.3 is 20.8 Å². The van der Waals surface area contributed by atoms with Crippen molar-refractivity contribution in [3.8, 4) is 0 Å². The molecule has 2 heterocycles. The number of aromatic nitrogens is 5. The fourth-order valence-electron chi connectivity index (χ4n) is 5.62. The molecule has 0 saturated heterocycles. The minimum atomic E-state index is -1.21. The van der Waals surface area contributed by atoms with Crippen LogP contribution in [0.3, 0.4) is 0 Å². The van der Waals surface area contributed by atoms with Crippen LogP contribution in [0, 0.1) is 5.92 Å². The molecular weight excluding hydrogens is 538 g/mol. The number of anilines is 1. The van der Waals surface area contributed by atoms with E-state index in [2.05, 4.69) is 71.2 Å². The lowest BCUT2D eigenvalue weighted by Crippen LogP contribution is -2.38. The van der Waals surface area contributed by atoms with Crippen molar-refractivity contribution in [1.29, 1.82) is 0 Å². The summed E-state index contributed by atoms with van der Waals surface area (Å²) >= 11 is 1.44. The number of fused-ring (bicyclic) bond motifs is 1. The molecular formula is C30H35N7O3S. The normalized spacial score (nSPS) is 25.5. The highest BCUT2D eigenvalue weighted by Crippen LogP contribution is 2.44. The monoisotopic (exact) mass is 573 g/mol. The number of nitrogens with one attached hydrogen (secondary N) is 2. The fourth-order valence-corrected chi connectivity index (χ4v) is 6.37. The zero-order chi connectivity index (χ0) is 28.7. The average molecular weight is 574 g/mol. The van der Waals surface area contributed by atoms with Crippen molar-refractivity contribution in [1.82, 2.24) is 30.3 Å². The minimum Gasteiger partial charge on any atom is -0.390 e. The molecule has 4 N–H and O–H groups in total. The number of rotatable bonds is 9. The van der Waals surface area contributed by atoms with Gasteiger partial charge in [-0.25, -0.2) is 14.6 Å². The maximum atomic E-state index is 12.6. The predicted molar refractivity (Wildman–Crippen MR) is 157 cm³/mol. The highest BCUT2D eigenvalue weighted by molar-refractivity contribution is 7.99. The van der Waals surface area contributed by atoms with Gasteiger partial charge in [-0.3, -0.25) is 4.79 Å². The van der Waals surface area contributed by atoms with E-state index >= 15 is 0 Å². The minimum absolute atomic E-state index is 0.199. The van der Waals surface area contributed by atoms with Crippen molar-refractivity contribution in [3.63, 3.8) is 0 Å². The summed E-state index contributed by atoms with van der Waals surface area (Å²) in [6.45, 7) is 6.59. The number of carbonyl (C=O) groups is 1. The first kappa shape index (κ1) is 27.6. The van der Waals surface area contributed by atoms with Crippen LogP contribution in [0.2, 0.25) is 0 Å². The van der Waals surface area contributed by atoms with Gasteiger partial charge in [0.05, 0.1) is 18.1 Å². The fraction of sp³-hybridized carbons (Fsp3) is 0.433. The van der Waals surface area contributed by atoms with Crippen molar-refractivity contribution in [3.05, 3.63) is 65.7 Å². The van der Waals surface area contributed by atoms with Crippen LogP contribution in [0.15, 0.2) is 64.6 Å². The Balaban J connectivity index is 1.34. The van der Waals surface area contributed by atoms with E-state index in [1.165, 1.54) is 22.9 Å². The SMILES string of the molecule is CCNC(=O)[C@@H]1C[C@H](n2nnc3c(NC4CC4c4ccccc4)nc(Sc4ccc(C(C)C)cc4)nc32)[C@@H](O)[C@H]1O. The number of aliphatic hydroxyl groups excluding tert-OH is 2. The molecule has 2 unspecified atom stereocenters. The molecule has 11 heteroatoms. The molecule has 2 aliphatic rings. The third kappa shape index (κ3) is 5.53. The van der Waals surface area contributed by atoms with Crippen molar-refractivity contribution in [2.75, 3.05) is 11.9 Å². The highest BCUT2D eigenvalue weighted by atomic mass is 32.2. The van der Waals surface area contributed by atoms with E-state index in [-0.39, 0.29) is 18.4 Å². The van der Waals surface area contributed by atoms with Crippen molar-refractivity contribution < 1.29 is 15.0 Å². The first-order valence-electron chi connectivity index (χ1n) is 14.2. The molecule has 1 amide bonds.